The Morgan fingerprint density at radius 3 is 2.78 bits per heavy atom. The van der Waals surface area contributed by atoms with Crippen LogP contribution in [-0.2, 0) is 6.42 Å². The summed E-state index contributed by atoms with van der Waals surface area (Å²) in [4.78, 5) is 9.14. The van der Waals surface area contributed by atoms with E-state index in [-0.39, 0.29) is 24.0 Å². The number of pyridine rings is 1. The molecule has 2 unspecified atom stereocenters. The molecule has 0 spiro atoms. The first-order chi connectivity index (χ1) is 10.8. The Hall–Kier alpha value is -0.850. The Kier molecular flexibility index (Phi) is 10.2. The first-order valence-electron chi connectivity index (χ1n) is 8.71. The van der Waals surface area contributed by atoms with Crippen LogP contribution in [0.3, 0.4) is 0 Å². The Labute approximate surface area is 158 Å². The third kappa shape index (κ3) is 7.50. The Balaban J connectivity index is 0.00000264. The van der Waals surface area contributed by atoms with E-state index in [1.54, 1.807) is 0 Å². The highest BCUT2D eigenvalue weighted by atomic mass is 127. The molecule has 0 aromatic carbocycles. The molecule has 4 nitrogen and oxygen atoms in total. The smallest absolute Gasteiger partial charge is 0.191 e. The molecule has 1 saturated carbocycles. The lowest BCUT2D eigenvalue weighted by molar-refractivity contribution is 0.263. The zero-order valence-corrected chi connectivity index (χ0v) is 16.8. The van der Waals surface area contributed by atoms with Gasteiger partial charge in [-0.25, -0.2) is 0 Å². The molecule has 0 bridgehead atoms. The van der Waals surface area contributed by atoms with E-state index in [1.165, 1.54) is 25.7 Å². The summed E-state index contributed by atoms with van der Waals surface area (Å²) in [6.07, 6.45) is 8.23. The van der Waals surface area contributed by atoms with E-state index in [0.717, 1.165) is 49.5 Å². The van der Waals surface area contributed by atoms with Crippen LogP contribution >= 0.6 is 24.0 Å². The van der Waals surface area contributed by atoms with Gasteiger partial charge in [0.1, 0.15) is 0 Å². The van der Waals surface area contributed by atoms with Crippen molar-refractivity contribution >= 4 is 29.9 Å². The number of aliphatic imine (C=N–C) groups is 1. The largest absolute Gasteiger partial charge is 0.357 e. The van der Waals surface area contributed by atoms with Gasteiger partial charge in [0.05, 0.1) is 0 Å². The number of guanidine groups is 1. The number of nitrogens with zero attached hydrogens (tertiary/aromatic N) is 2. The molecule has 1 fully saturated rings. The van der Waals surface area contributed by atoms with E-state index in [2.05, 4.69) is 35.5 Å². The van der Waals surface area contributed by atoms with Crippen LogP contribution in [0.4, 0.5) is 0 Å². The maximum absolute atomic E-state index is 4.79. The predicted molar refractivity (Wildman–Crippen MR) is 108 cm³/mol. The molecule has 2 atom stereocenters. The summed E-state index contributed by atoms with van der Waals surface area (Å²) < 4.78 is 0. The number of hydrogen-bond acceptors (Lipinski definition) is 2. The minimum atomic E-state index is 0. The number of halogens is 1. The van der Waals surface area contributed by atoms with Gasteiger partial charge in [-0.1, -0.05) is 32.3 Å². The number of nitrogens with one attached hydrogen (secondary N) is 2. The molecule has 0 amide bonds. The second kappa shape index (κ2) is 11.6. The molecule has 1 aromatic heterocycles. The van der Waals surface area contributed by atoms with Gasteiger partial charge in [0.15, 0.2) is 5.96 Å². The predicted octanol–water partition coefficient (Wildman–Crippen LogP) is 3.62. The lowest BCUT2D eigenvalue weighted by atomic mass is 9.80. The van der Waals surface area contributed by atoms with Gasteiger partial charge in [-0.3, -0.25) is 9.98 Å². The molecule has 130 valence electrons. The van der Waals surface area contributed by atoms with Gasteiger partial charge in [0, 0.05) is 37.9 Å². The van der Waals surface area contributed by atoms with Crippen LogP contribution < -0.4 is 10.6 Å². The molecule has 0 aliphatic heterocycles. The molecule has 1 heterocycles. The van der Waals surface area contributed by atoms with Crippen molar-refractivity contribution < 1.29 is 0 Å². The van der Waals surface area contributed by atoms with Crippen LogP contribution in [0.15, 0.2) is 29.4 Å². The summed E-state index contributed by atoms with van der Waals surface area (Å²) in [6, 6.07) is 6.05. The second-order valence-corrected chi connectivity index (χ2v) is 6.24. The zero-order valence-electron chi connectivity index (χ0n) is 14.4. The van der Waals surface area contributed by atoms with E-state index < -0.39 is 0 Å². The van der Waals surface area contributed by atoms with Crippen molar-refractivity contribution in [2.75, 3.05) is 19.6 Å². The number of hydrogen-bond donors (Lipinski definition) is 2. The SMILES string of the molecule is CCNC(=NCC1CCCCC1C)NCCc1ccccn1.I. The van der Waals surface area contributed by atoms with Crippen molar-refractivity contribution in [3.63, 3.8) is 0 Å². The van der Waals surface area contributed by atoms with Crippen LogP contribution in [0.25, 0.3) is 0 Å². The molecule has 1 aromatic rings. The third-order valence-electron chi connectivity index (χ3n) is 4.52. The topological polar surface area (TPSA) is 49.3 Å². The summed E-state index contributed by atoms with van der Waals surface area (Å²) in [6.45, 7) is 7.19. The van der Waals surface area contributed by atoms with Crippen LogP contribution in [0, 0.1) is 11.8 Å². The number of aromatic nitrogens is 1. The highest BCUT2D eigenvalue weighted by Gasteiger charge is 2.20. The van der Waals surface area contributed by atoms with E-state index >= 15 is 0 Å². The zero-order chi connectivity index (χ0) is 15.6. The molecule has 23 heavy (non-hydrogen) atoms. The fourth-order valence-electron chi connectivity index (χ4n) is 3.07. The molecular formula is C18H31IN4. The lowest BCUT2D eigenvalue weighted by Crippen LogP contribution is -2.39. The maximum Gasteiger partial charge on any atom is 0.191 e. The monoisotopic (exact) mass is 430 g/mol. The van der Waals surface area contributed by atoms with Crippen molar-refractivity contribution in [1.29, 1.82) is 0 Å². The summed E-state index contributed by atoms with van der Waals surface area (Å²) in [5, 5.41) is 6.76. The number of rotatable bonds is 6. The van der Waals surface area contributed by atoms with Gasteiger partial charge in [-0.2, -0.15) is 0 Å². The minimum absolute atomic E-state index is 0. The van der Waals surface area contributed by atoms with E-state index in [1.807, 2.05) is 18.3 Å². The summed E-state index contributed by atoms with van der Waals surface area (Å²) in [5.41, 5.74) is 1.12. The Morgan fingerprint density at radius 2 is 2.09 bits per heavy atom. The Bertz CT molecular complexity index is 450. The van der Waals surface area contributed by atoms with Crippen LogP contribution in [0.2, 0.25) is 0 Å². The molecule has 2 N–H and O–H groups in total. The molecule has 1 aliphatic carbocycles. The maximum atomic E-state index is 4.79. The van der Waals surface area contributed by atoms with Crippen LogP contribution in [0.5, 0.6) is 0 Å². The average Bonchev–Trinajstić information content (AvgIpc) is 2.55. The average molecular weight is 430 g/mol. The van der Waals surface area contributed by atoms with Crippen LogP contribution in [-0.4, -0.2) is 30.6 Å². The van der Waals surface area contributed by atoms with Crippen molar-refractivity contribution in [3.05, 3.63) is 30.1 Å². The fourth-order valence-corrected chi connectivity index (χ4v) is 3.07. The molecular weight excluding hydrogens is 399 g/mol. The van der Waals surface area contributed by atoms with Crippen molar-refractivity contribution in [3.8, 4) is 0 Å². The van der Waals surface area contributed by atoms with Gasteiger partial charge >= 0.3 is 0 Å². The van der Waals surface area contributed by atoms with Gasteiger partial charge in [0.25, 0.3) is 0 Å². The lowest BCUT2D eigenvalue weighted by Gasteiger charge is -2.27. The second-order valence-electron chi connectivity index (χ2n) is 6.24. The summed E-state index contributed by atoms with van der Waals surface area (Å²) in [5.74, 6) is 2.50. The normalized spacial score (nSPS) is 21.4. The van der Waals surface area contributed by atoms with Crippen molar-refractivity contribution in [2.24, 2.45) is 16.8 Å². The highest BCUT2D eigenvalue weighted by Crippen LogP contribution is 2.29. The van der Waals surface area contributed by atoms with E-state index in [4.69, 9.17) is 4.99 Å². The third-order valence-corrected chi connectivity index (χ3v) is 4.52. The first kappa shape index (κ1) is 20.2. The first-order valence-corrected chi connectivity index (χ1v) is 8.71. The summed E-state index contributed by atoms with van der Waals surface area (Å²) >= 11 is 0. The van der Waals surface area contributed by atoms with Crippen molar-refractivity contribution in [1.82, 2.24) is 15.6 Å². The molecule has 1 aliphatic rings. The van der Waals surface area contributed by atoms with Gasteiger partial charge in [0.2, 0.25) is 0 Å². The van der Waals surface area contributed by atoms with Gasteiger partial charge in [-0.15, -0.1) is 24.0 Å². The van der Waals surface area contributed by atoms with Gasteiger partial charge < -0.3 is 10.6 Å². The van der Waals surface area contributed by atoms with Crippen LogP contribution in [0.1, 0.15) is 45.2 Å². The van der Waals surface area contributed by atoms with E-state index in [9.17, 15) is 0 Å². The quantitative estimate of drug-likeness (QED) is 0.412. The van der Waals surface area contributed by atoms with Crippen molar-refractivity contribution in [2.45, 2.75) is 46.0 Å². The highest BCUT2D eigenvalue weighted by molar-refractivity contribution is 14.0. The Morgan fingerprint density at radius 1 is 1.26 bits per heavy atom. The van der Waals surface area contributed by atoms with E-state index in [0.29, 0.717) is 0 Å². The minimum Gasteiger partial charge on any atom is -0.357 e. The fraction of sp³-hybridized carbons (Fsp3) is 0.667. The molecule has 0 radical (unpaired) electrons. The molecule has 0 saturated heterocycles. The van der Waals surface area contributed by atoms with Gasteiger partial charge in [-0.05, 0) is 37.3 Å². The summed E-state index contributed by atoms with van der Waals surface area (Å²) in [7, 11) is 0. The molecule has 2 rings (SSSR count). The standard InChI is InChI=1S/C18H30N4.HI/c1-3-19-18(21-13-11-17-10-6-7-12-20-17)22-14-16-9-5-4-8-15(16)2;/h6-7,10,12,15-16H,3-5,8-9,11,13-14H2,1-2H3,(H2,19,21,22);1H. The molecule has 5 heteroatoms.